The first-order chi connectivity index (χ1) is 33.8. The SMILES string of the molecule is CCCCC1=CC2=C(c3cc(C(=O)NCCCCCOCCOCCOCCC(=O)Nc4ccc5nc(C#N)sc5c4)ccc3C(=O)O)c3cc4c5c(c3OC2=C(CCC)C1)CCCN5CCCC4. The molecule has 14 heteroatoms. The molecule has 4 aliphatic rings. The van der Waals surface area contributed by atoms with Crippen LogP contribution < -0.4 is 20.3 Å². The van der Waals surface area contributed by atoms with Gasteiger partial charge in [0.15, 0.2) is 5.01 Å². The summed E-state index contributed by atoms with van der Waals surface area (Å²) in [5.74, 6) is 0.310. The quantitative estimate of drug-likeness (QED) is 0.0571. The van der Waals surface area contributed by atoms with Crippen molar-refractivity contribution in [3.63, 3.8) is 0 Å². The molecule has 3 aromatic carbocycles. The van der Waals surface area contributed by atoms with Crippen LogP contribution in [0.2, 0.25) is 0 Å². The number of aromatic carboxylic acids is 1. The average molecular weight is 956 g/mol. The fraction of sp³-hybridized carbons (Fsp3) is 0.473. The predicted molar refractivity (Wildman–Crippen MR) is 270 cm³/mol. The number of carboxylic acids is 1. The molecule has 364 valence electrons. The summed E-state index contributed by atoms with van der Waals surface area (Å²) in [5.41, 5.74) is 11.7. The van der Waals surface area contributed by atoms with Crippen molar-refractivity contribution in [3.8, 4) is 11.8 Å². The summed E-state index contributed by atoms with van der Waals surface area (Å²) in [6, 6.07) is 14.7. The fourth-order valence-corrected chi connectivity index (χ4v) is 10.7. The van der Waals surface area contributed by atoms with Crippen LogP contribution in [0, 0.1) is 11.3 Å². The zero-order chi connectivity index (χ0) is 48.1. The number of aryl methyl sites for hydroxylation is 1. The molecule has 0 saturated heterocycles. The molecule has 0 fully saturated rings. The van der Waals surface area contributed by atoms with E-state index in [2.05, 4.69) is 46.5 Å². The fourth-order valence-electron chi connectivity index (χ4n) is 9.94. The number of ether oxygens (including phenoxy) is 4. The number of fused-ring (bicyclic) bond motifs is 4. The molecule has 4 aromatic rings. The van der Waals surface area contributed by atoms with E-state index in [1.165, 1.54) is 39.3 Å². The van der Waals surface area contributed by atoms with Gasteiger partial charge in [0, 0.05) is 65.5 Å². The van der Waals surface area contributed by atoms with Crippen molar-refractivity contribution < 1.29 is 38.4 Å². The first kappa shape index (κ1) is 49.6. The van der Waals surface area contributed by atoms with E-state index in [9.17, 15) is 19.5 Å². The van der Waals surface area contributed by atoms with Crippen LogP contribution in [0.15, 0.2) is 71.0 Å². The number of benzene rings is 3. The zero-order valence-corrected chi connectivity index (χ0v) is 41.0. The van der Waals surface area contributed by atoms with Crippen LogP contribution >= 0.6 is 11.3 Å². The minimum Gasteiger partial charge on any atom is -0.478 e. The Morgan fingerprint density at radius 2 is 1.68 bits per heavy atom. The van der Waals surface area contributed by atoms with E-state index in [4.69, 9.17) is 24.2 Å². The van der Waals surface area contributed by atoms with E-state index < -0.39 is 5.97 Å². The maximum atomic E-state index is 13.8. The van der Waals surface area contributed by atoms with E-state index in [0.29, 0.717) is 61.4 Å². The second kappa shape index (κ2) is 24.1. The highest BCUT2D eigenvalue weighted by molar-refractivity contribution is 7.19. The Morgan fingerprint density at radius 1 is 0.870 bits per heavy atom. The molecule has 4 heterocycles. The maximum absolute atomic E-state index is 13.8. The number of aromatic nitrogens is 1. The molecule has 0 spiro atoms. The first-order valence-electron chi connectivity index (χ1n) is 25.0. The maximum Gasteiger partial charge on any atom is 0.336 e. The van der Waals surface area contributed by atoms with Gasteiger partial charge in [-0.25, -0.2) is 9.78 Å². The summed E-state index contributed by atoms with van der Waals surface area (Å²) in [6.45, 7) is 9.48. The monoisotopic (exact) mass is 955 g/mol. The van der Waals surface area contributed by atoms with Crippen molar-refractivity contribution in [2.24, 2.45) is 0 Å². The largest absolute Gasteiger partial charge is 0.478 e. The molecule has 0 unspecified atom stereocenters. The highest BCUT2D eigenvalue weighted by Gasteiger charge is 2.37. The number of carbonyl (C=O) groups excluding carboxylic acids is 2. The number of thiazole rings is 1. The van der Waals surface area contributed by atoms with Crippen LogP contribution in [0.5, 0.6) is 5.75 Å². The Bertz CT molecular complexity index is 2680. The summed E-state index contributed by atoms with van der Waals surface area (Å²) < 4.78 is 24.9. The number of rotatable bonds is 24. The predicted octanol–water partition coefficient (Wildman–Crippen LogP) is 10.7. The minimum absolute atomic E-state index is 0.161. The van der Waals surface area contributed by atoms with Gasteiger partial charge >= 0.3 is 5.97 Å². The first-order valence-corrected chi connectivity index (χ1v) is 25.9. The molecule has 3 aliphatic heterocycles. The number of carbonyl (C=O) groups is 3. The highest BCUT2D eigenvalue weighted by atomic mass is 32.1. The van der Waals surface area contributed by atoms with Crippen molar-refractivity contribution in [1.82, 2.24) is 10.3 Å². The van der Waals surface area contributed by atoms with Crippen molar-refractivity contribution >= 4 is 56.3 Å². The number of nitrogens with zero attached hydrogens (tertiary/aromatic N) is 3. The molecule has 69 heavy (non-hydrogen) atoms. The van der Waals surface area contributed by atoms with E-state index in [0.717, 1.165) is 141 Å². The van der Waals surface area contributed by atoms with Crippen LogP contribution in [0.3, 0.4) is 0 Å². The number of allylic oxidation sites excluding steroid dienone is 3. The zero-order valence-electron chi connectivity index (χ0n) is 40.1. The molecular weight excluding hydrogens is 891 g/mol. The topological polar surface area (TPSA) is 172 Å². The second-order valence-corrected chi connectivity index (χ2v) is 19.3. The normalized spacial score (nSPS) is 15.1. The lowest BCUT2D eigenvalue weighted by atomic mass is 9.78. The van der Waals surface area contributed by atoms with Gasteiger partial charge in [0.2, 0.25) is 5.91 Å². The van der Waals surface area contributed by atoms with Crippen LogP contribution in [-0.2, 0) is 31.8 Å². The Hall–Kier alpha value is -5.85. The number of amides is 2. The van der Waals surface area contributed by atoms with E-state index >= 15 is 0 Å². The van der Waals surface area contributed by atoms with Crippen molar-refractivity contribution in [1.29, 1.82) is 5.26 Å². The molecular formula is C55H65N5O8S. The second-order valence-electron chi connectivity index (χ2n) is 18.3. The molecule has 3 N–H and O–H groups in total. The van der Waals surface area contributed by atoms with Gasteiger partial charge < -0.3 is 39.6 Å². The van der Waals surface area contributed by atoms with Gasteiger partial charge in [-0.3, -0.25) is 9.59 Å². The number of nitrogens with one attached hydrogen (secondary N) is 2. The van der Waals surface area contributed by atoms with Crippen LogP contribution in [0.25, 0.3) is 15.8 Å². The van der Waals surface area contributed by atoms with Crippen LogP contribution in [0.4, 0.5) is 11.4 Å². The molecule has 0 bridgehead atoms. The lowest BCUT2D eigenvalue weighted by molar-refractivity contribution is -0.117. The molecule has 0 radical (unpaired) electrons. The number of unbranched alkanes of at least 4 members (excludes halogenated alkanes) is 3. The van der Waals surface area contributed by atoms with E-state index in [-0.39, 0.29) is 30.4 Å². The summed E-state index contributed by atoms with van der Waals surface area (Å²) in [5, 5.41) is 26.1. The molecule has 13 nitrogen and oxygen atoms in total. The summed E-state index contributed by atoms with van der Waals surface area (Å²) in [7, 11) is 0. The summed E-state index contributed by atoms with van der Waals surface area (Å²) in [6.07, 6.45) is 16.0. The summed E-state index contributed by atoms with van der Waals surface area (Å²) >= 11 is 1.29. The Morgan fingerprint density at radius 3 is 2.48 bits per heavy atom. The Labute approximate surface area is 409 Å². The number of nitriles is 1. The van der Waals surface area contributed by atoms with Gasteiger partial charge in [-0.15, -0.1) is 11.3 Å². The summed E-state index contributed by atoms with van der Waals surface area (Å²) in [4.78, 5) is 46.1. The number of hydrogen-bond acceptors (Lipinski definition) is 11. The van der Waals surface area contributed by atoms with Crippen molar-refractivity contribution in [2.75, 3.05) is 69.5 Å². The molecule has 0 atom stereocenters. The molecule has 8 rings (SSSR count). The molecule has 0 saturated carbocycles. The van der Waals surface area contributed by atoms with Gasteiger partial charge in [-0.05, 0) is 136 Å². The van der Waals surface area contributed by atoms with E-state index in [1.54, 1.807) is 30.3 Å². The van der Waals surface area contributed by atoms with Crippen LogP contribution in [0.1, 0.15) is 145 Å². The van der Waals surface area contributed by atoms with Crippen molar-refractivity contribution in [2.45, 2.75) is 110 Å². The standard InChI is InChI=1S/C55H65N5O8S/c1-3-5-13-36-30-38(12-4-2)52-44(31-36)50(45-32-37-14-7-9-22-60-23-11-15-42(51(37)60)53(45)68-52)43-33-39(16-18-41(43)55(63)64)54(62)57-21-8-6-10-24-65-26-28-67-29-27-66-25-20-48(61)58-40-17-19-46-47(34-40)69-49(35-56)59-46/h16-19,31-34H,3-15,20-30H2,1-2H3,(H,57,62)(H,58,61)(H,63,64). The van der Waals surface area contributed by atoms with Crippen LogP contribution in [-0.4, -0.2) is 87.1 Å². The number of anilines is 2. The number of carboxylic acid groups (broad SMARTS) is 1. The van der Waals surface area contributed by atoms with Crippen molar-refractivity contribution in [3.05, 3.63) is 109 Å². The highest BCUT2D eigenvalue weighted by Crippen LogP contribution is 2.53. The number of hydrogen-bond donors (Lipinski definition) is 3. The van der Waals surface area contributed by atoms with Gasteiger partial charge in [0.05, 0.1) is 55.2 Å². The molecule has 1 aromatic heterocycles. The molecule has 2 amide bonds. The Kier molecular flexibility index (Phi) is 17.3. The third-order valence-corrected chi connectivity index (χ3v) is 14.2. The Balaban J connectivity index is 0.828. The van der Waals surface area contributed by atoms with Gasteiger partial charge in [0.1, 0.15) is 17.6 Å². The third-order valence-electron chi connectivity index (χ3n) is 13.2. The minimum atomic E-state index is -1.02. The van der Waals surface area contributed by atoms with Gasteiger partial charge in [0.25, 0.3) is 5.91 Å². The smallest absolute Gasteiger partial charge is 0.336 e. The third kappa shape index (κ3) is 12.1. The van der Waals surface area contributed by atoms with E-state index in [1.807, 2.05) is 12.1 Å². The lowest BCUT2D eigenvalue weighted by Crippen LogP contribution is -2.31. The molecule has 1 aliphatic carbocycles. The van der Waals surface area contributed by atoms with Gasteiger partial charge in [-0.2, -0.15) is 5.26 Å². The lowest BCUT2D eigenvalue weighted by Gasteiger charge is -2.37. The average Bonchev–Trinajstić information content (AvgIpc) is 3.66. The van der Waals surface area contributed by atoms with Gasteiger partial charge in [-0.1, -0.05) is 38.3 Å².